The van der Waals surface area contributed by atoms with Crippen molar-refractivity contribution in [3.8, 4) is 0 Å². The molecule has 5 heteroatoms. The molecule has 0 fully saturated rings. The lowest BCUT2D eigenvalue weighted by Crippen LogP contribution is -2.13. The molecule has 1 rings (SSSR count). The zero-order chi connectivity index (χ0) is 14.3. The monoisotopic (exact) mass is 282 g/mol. The van der Waals surface area contributed by atoms with Crippen molar-refractivity contribution in [3.63, 3.8) is 0 Å². The van der Waals surface area contributed by atoms with E-state index in [1.165, 1.54) is 11.3 Å². The summed E-state index contributed by atoms with van der Waals surface area (Å²) in [5, 5.41) is 12.1. The Morgan fingerprint density at radius 1 is 1.47 bits per heavy atom. The summed E-state index contributed by atoms with van der Waals surface area (Å²) in [6.07, 6.45) is 0.940. The average Bonchev–Trinajstić information content (AvgIpc) is 2.81. The first-order valence-electron chi connectivity index (χ1n) is 6.49. The van der Waals surface area contributed by atoms with Crippen LogP contribution in [-0.4, -0.2) is 19.1 Å². The van der Waals surface area contributed by atoms with Crippen LogP contribution in [0.4, 0.5) is 0 Å². The lowest BCUT2D eigenvalue weighted by molar-refractivity contribution is -0.144. The van der Waals surface area contributed by atoms with Crippen LogP contribution in [0.25, 0.3) is 0 Å². The summed E-state index contributed by atoms with van der Waals surface area (Å²) in [5.74, 6) is -0.333. The van der Waals surface area contributed by atoms with E-state index >= 15 is 0 Å². The van der Waals surface area contributed by atoms with Crippen LogP contribution in [0.5, 0.6) is 0 Å². The molecule has 0 N–H and O–H groups in total. The fourth-order valence-corrected chi connectivity index (χ4v) is 2.11. The van der Waals surface area contributed by atoms with Crippen molar-refractivity contribution in [1.29, 1.82) is 0 Å². The molecule has 0 aliphatic heterocycles. The van der Waals surface area contributed by atoms with Crippen molar-refractivity contribution in [2.24, 2.45) is 15.6 Å². The van der Waals surface area contributed by atoms with E-state index in [-0.39, 0.29) is 11.4 Å². The van der Waals surface area contributed by atoms with Crippen LogP contribution in [0.2, 0.25) is 0 Å². The standard InChI is InChI=1S/C14H22N2O2S/c1-5-18-13(17)12(11-6-9-19-10-11)16-15-8-7-14(2,3)4/h6,9-10,12H,5,7-8H2,1-4H3. The normalized spacial score (nSPS) is 13.7. The molecule has 1 heterocycles. The summed E-state index contributed by atoms with van der Waals surface area (Å²) in [6.45, 7) is 9.25. The van der Waals surface area contributed by atoms with E-state index in [0.29, 0.717) is 13.2 Å². The first-order valence-corrected chi connectivity index (χ1v) is 7.43. The van der Waals surface area contributed by atoms with E-state index in [1.54, 1.807) is 6.92 Å². The van der Waals surface area contributed by atoms with Gasteiger partial charge in [0.2, 0.25) is 0 Å². The van der Waals surface area contributed by atoms with Gasteiger partial charge in [-0.05, 0) is 35.6 Å². The van der Waals surface area contributed by atoms with Crippen molar-refractivity contribution in [3.05, 3.63) is 22.4 Å². The van der Waals surface area contributed by atoms with E-state index in [1.807, 2.05) is 16.8 Å². The Morgan fingerprint density at radius 2 is 2.21 bits per heavy atom. The highest BCUT2D eigenvalue weighted by atomic mass is 32.1. The molecule has 1 aromatic rings. The zero-order valence-electron chi connectivity index (χ0n) is 12.0. The van der Waals surface area contributed by atoms with Crippen molar-refractivity contribution in [2.75, 3.05) is 13.2 Å². The van der Waals surface area contributed by atoms with Gasteiger partial charge in [0.05, 0.1) is 13.2 Å². The number of azo groups is 1. The van der Waals surface area contributed by atoms with Crippen LogP contribution >= 0.6 is 11.3 Å². The predicted molar refractivity (Wildman–Crippen MR) is 77.5 cm³/mol. The van der Waals surface area contributed by atoms with Gasteiger partial charge in [-0.15, -0.1) is 0 Å². The highest BCUT2D eigenvalue weighted by Gasteiger charge is 2.22. The second-order valence-corrected chi connectivity index (χ2v) is 6.28. The van der Waals surface area contributed by atoms with Crippen molar-refractivity contribution in [1.82, 2.24) is 0 Å². The predicted octanol–water partition coefficient (Wildman–Crippen LogP) is 4.24. The Balaban J connectivity index is 2.65. The van der Waals surface area contributed by atoms with Gasteiger partial charge in [0.1, 0.15) is 0 Å². The third kappa shape index (κ3) is 5.96. The maximum atomic E-state index is 11.9. The van der Waals surface area contributed by atoms with E-state index in [2.05, 4.69) is 31.0 Å². The van der Waals surface area contributed by atoms with Crippen molar-refractivity contribution in [2.45, 2.75) is 40.2 Å². The maximum absolute atomic E-state index is 11.9. The number of carbonyl (C=O) groups excluding carboxylic acids is 1. The van der Waals surface area contributed by atoms with Crippen molar-refractivity contribution < 1.29 is 9.53 Å². The third-order valence-corrected chi connectivity index (χ3v) is 3.23. The maximum Gasteiger partial charge on any atom is 0.337 e. The molecular weight excluding hydrogens is 260 g/mol. The van der Waals surface area contributed by atoms with Crippen LogP contribution in [0.1, 0.15) is 45.7 Å². The molecule has 19 heavy (non-hydrogen) atoms. The lowest BCUT2D eigenvalue weighted by atomic mass is 9.93. The van der Waals surface area contributed by atoms with Crippen LogP contribution in [0.3, 0.4) is 0 Å². The van der Waals surface area contributed by atoms with Crippen LogP contribution < -0.4 is 0 Å². The van der Waals surface area contributed by atoms with E-state index in [4.69, 9.17) is 4.74 Å². The Hall–Kier alpha value is -1.23. The lowest BCUT2D eigenvalue weighted by Gasteiger charge is -2.15. The number of rotatable bonds is 6. The molecule has 0 bridgehead atoms. The van der Waals surface area contributed by atoms with E-state index in [9.17, 15) is 4.79 Å². The number of ether oxygens (including phenoxy) is 1. The summed E-state index contributed by atoms with van der Waals surface area (Å²) < 4.78 is 5.04. The number of esters is 1. The number of thiophene rings is 1. The second-order valence-electron chi connectivity index (χ2n) is 5.50. The summed E-state index contributed by atoms with van der Waals surface area (Å²) in [4.78, 5) is 11.9. The number of carbonyl (C=O) groups is 1. The molecule has 0 aromatic carbocycles. The summed E-state index contributed by atoms with van der Waals surface area (Å²) in [5.41, 5.74) is 1.07. The topological polar surface area (TPSA) is 51.0 Å². The minimum atomic E-state index is -0.619. The molecule has 0 saturated carbocycles. The third-order valence-electron chi connectivity index (χ3n) is 2.53. The Bertz CT molecular complexity index is 408. The first-order chi connectivity index (χ1) is 8.94. The molecule has 106 valence electrons. The molecule has 1 atom stereocenters. The molecule has 0 amide bonds. The molecular formula is C14H22N2O2S. The molecule has 0 aliphatic carbocycles. The molecule has 0 radical (unpaired) electrons. The summed E-state index contributed by atoms with van der Waals surface area (Å²) in [6, 6.07) is 1.26. The molecule has 0 saturated heterocycles. The number of nitrogens with zero attached hydrogens (tertiary/aromatic N) is 2. The van der Waals surface area contributed by atoms with Gasteiger partial charge in [0.15, 0.2) is 6.04 Å². The highest BCUT2D eigenvalue weighted by Crippen LogP contribution is 2.23. The Morgan fingerprint density at radius 3 is 2.74 bits per heavy atom. The van der Waals surface area contributed by atoms with Crippen LogP contribution in [0, 0.1) is 5.41 Å². The first kappa shape index (κ1) is 15.8. The quantitative estimate of drug-likeness (QED) is 0.579. The minimum absolute atomic E-state index is 0.223. The van der Waals surface area contributed by atoms with Crippen LogP contribution in [-0.2, 0) is 9.53 Å². The van der Waals surface area contributed by atoms with Gasteiger partial charge in [-0.2, -0.15) is 21.6 Å². The Kier molecular flexibility index (Phi) is 6.15. The summed E-state index contributed by atoms with van der Waals surface area (Å²) >= 11 is 1.54. The largest absolute Gasteiger partial charge is 0.464 e. The van der Waals surface area contributed by atoms with Gasteiger partial charge in [0, 0.05) is 5.56 Å². The van der Waals surface area contributed by atoms with E-state index in [0.717, 1.165) is 12.0 Å². The highest BCUT2D eigenvalue weighted by molar-refractivity contribution is 7.08. The van der Waals surface area contributed by atoms with E-state index < -0.39 is 6.04 Å². The van der Waals surface area contributed by atoms with Gasteiger partial charge < -0.3 is 4.74 Å². The SMILES string of the molecule is CCOC(=O)C(N=NCCC(C)(C)C)c1ccsc1. The molecule has 1 unspecified atom stereocenters. The van der Waals surface area contributed by atoms with Gasteiger partial charge in [-0.1, -0.05) is 20.8 Å². The van der Waals surface area contributed by atoms with Gasteiger partial charge in [-0.25, -0.2) is 4.79 Å². The van der Waals surface area contributed by atoms with Gasteiger partial charge in [0.25, 0.3) is 0 Å². The molecule has 0 aliphatic rings. The van der Waals surface area contributed by atoms with Crippen molar-refractivity contribution >= 4 is 17.3 Å². The van der Waals surface area contributed by atoms with Crippen LogP contribution in [0.15, 0.2) is 27.1 Å². The molecule has 4 nitrogen and oxygen atoms in total. The fraction of sp³-hybridized carbons (Fsp3) is 0.643. The van der Waals surface area contributed by atoms with Gasteiger partial charge in [-0.3, -0.25) is 0 Å². The molecule has 1 aromatic heterocycles. The summed E-state index contributed by atoms with van der Waals surface area (Å²) in [7, 11) is 0. The number of hydrogen-bond donors (Lipinski definition) is 0. The zero-order valence-corrected chi connectivity index (χ0v) is 12.9. The smallest absolute Gasteiger partial charge is 0.337 e. The molecule has 0 spiro atoms. The van der Waals surface area contributed by atoms with Gasteiger partial charge >= 0.3 is 5.97 Å². The second kappa shape index (κ2) is 7.38. The Labute approximate surface area is 118 Å². The minimum Gasteiger partial charge on any atom is -0.464 e. The average molecular weight is 282 g/mol. The number of hydrogen-bond acceptors (Lipinski definition) is 5. The fourth-order valence-electron chi connectivity index (χ4n) is 1.43.